The zero-order valence-corrected chi connectivity index (χ0v) is 9.71. The Labute approximate surface area is 91.9 Å². The Morgan fingerprint density at radius 3 is 2.67 bits per heavy atom. The minimum Gasteiger partial charge on any atom is -0.367 e. The van der Waals surface area contributed by atoms with Gasteiger partial charge in [0.2, 0.25) is 0 Å². The van der Waals surface area contributed by atoms with Gasteiger partial charge in [-0.15, -0.1) is 0 Å². The number of nitrogens with zero attached hydrogens (tertiary/aromatic N) is 1. The smallest absolute Gasteiger partial charge is 0.0252 e. The molecule has 3 nitrogen and oxygen atoms in total. The second-order valence-electron chi connectivity index (χ2n) is 4.62. The first kappa shape index (κ1) is 10.7. The topological polar surface area (TPSA) is 31.1 Å². The second-order valence-corrected chi connectivity index (χ2v) is 4.62. The van der Waals surface area contributed by atoms with Crippen molar-refractivity contribution >= 4 is 0 Å². The van der Waals surface area contributed by atoms with Gasteiger partial charge in [-0.25, -0.2) is 0 Å². The highest BCUT2D eigenvalue weighted by molar-refractivity contribution is 5.26. The van der Waals surface area contributed by atoms with E-state index in [2.05, 4.69) is 41.4 Å². The summed E-state index contributed by atoms with van der Waals surface area (Å²) in [5.41, 5.74) is 2.93. The summed E-state index contributed by atoms with van der Waals surface area (Å²) in [6, 6.07) is 0. The van der Waals surface area contributed by atoms with Crippen LogP contribution in [0.15, 0.2) is 12.4 Å². The van der Waals surface area contributed by atoms with Gasteiger partial charge >= 0.3 is 0 Å². The zero-order chi connectivity index (χ0) is 10.7. The standard InChI is InChI=1S/C12H21N3/c1-10(2)12-8-14-7-11(12)9-15-5-3-13-4-6-15/h7-8,10,13-14H,3-6,9H2,1-2H3. The molecule has 0 unspecified atom stereocenters. The second kappa shape index (κ2) is 4.81. The SMILES string of the molecule is CC(C)c1c[nH]cc1CN1CCNCC1. The fourth-order valence-corrected chi connectivity index (χ4v) is 2.19. The highest BCUT2D eigenvalue weighted by Crippen LogP contribution is 2.20. The fourth-order valence-electron chi connectivity index (χ4n) is 2.19. The molecule has 0 amide bonds. The molecule has 1 aromatic heterocycles. The summed E-state index contributed by atoms with van der Waals surface area (Å²) in [4.78, 5) is 5.75. The fraction of sp³-hybridized carbons (Fsp3) is 0.667. The van der Waals surface area contributed by atoms with Gasteiger partial charge in [0.05, 0.1) is 0 Å². The molecule has 0 aliphatic carbocycles. The van der Waals surface area contributed by atoms with Crippen LogP contribution in [0, 0.1) is 0 Å². The Morgan fingerprint density at radius 1 is 1.27 bits per heavy atom. The van der Waals surface area contributed by atoms with Crippen molar-refractivity contribution in [3.05, 3.63) is 23.5 Å². The van der Waals surface area contributed by atoms with Crippen LogP contribution >= 0.6 is 0 Å². The van der Waals surface area contributed by atoms with Gasteiger partial charge in [-0.05, 0) is 17.0 Å². The maximum atomic E-state index is 3.38. The van der Waals surface area contributed by atoms with Crippen LogP contribution in [0.25, 0.3) is 0 Å². The summed E-state index contributed by atoms with van der Waals surface area (Å²) in [6.45, 7) is 10.2. The van der Waals surface area contributed by atoms with Crippen molar-refractivity contribution in [3.8, 4) is 0 Å². The highest BCUT2D eigenvalue weighted by atomic mass is 15.2. The van der Waals surface area contributed by atoms with Crippen molar-refractivity contribution in [2.75, 3.05) is 26.2 Å². The molecule has 84 valence electrons. The molecule has 1 aromatic rings. The molecule has 0 atom stereocenters. The van der Waals surface area contributed by atoms with Crippen LogP contribution in [-0.2, 0) is 6.54 Å². The Hall–Kier alpha value is -0.800. The van der Waals surface area contributed by atoms with Crippen LogP contribution in [0.1, 0.15) is 30.9 Å². The molecule has 2 rings (SSSR count). The first-order valence-corrected chi connectivity index (χ1v) is 5.86. The zero-order valence-electron chi connectivity index (χ0n) is 9.71. The molecule has 1 saturated heterocycles. The van der Waals surface area contributed by atoms with E-state index in [-0.39, 0.29) is 0 Å². The molecule has 0 spiro atoms. The van der Waals surface area contributed by atoms with Gasteiger partial charge in [-0.1, -0.05) is 13.8 Å². The molecule has 2 N–H and O–H groups in total. The highest BCUT2D eigenvalue weighted by Gasteiger charge is 2.13. The van der Waals surface area contributed by atoms with E-state index in [1.54, 1.807) is 0 Å². The molecule has 1 aliphatic heterocycles. The maximum Gasteiger partial charge on any atom is 0.0252 e. The lowest BCUT2D eigenvalue weighted by atomic mass is 10.0. The number of aromatic amines is 1. The molecule has 1 fully saturated rings. The molecule has 2 heterocycles. The quantitative estimate of drug-likeness (QED) is 0.788. The summed E-state index contributed by atoms with van der Waals surface area (Å²) < 4.78 is 0. The third kappa shape index (κ3) is 2.61. The summed E-state index contributed by atoms with van der Waals surface area (Å²) in [7, 11) is 0. The van der Waals surface area contributed by atoms with Crippen LogP contribution in [0.5, 0.6) is 0 Å². The summed E-state index contributed by atoms with van der Waals surface area (Å²) >= 11 is 0. The third-order valence-corrected chi connectivity index (χ3v) is 3.09. The number of nitrogens with one attached hydrogen (secondary N) is 2. The maximum absolute atomic E-state index is 3.38. The number of H-pyrrole nitrogens is 1. The Morgan fingerprint density at radius 2 is 2.00 bits per heavy atom. The van der Waals surface area contributed by atoms with Gasteiger partial charge in [0.15, 0.2) is 0 Å². The van der Waals surface area contributed by atoms with Crippen LogP contribution in [0.3, 0.4) is 0 Å². The van der Waals surface area contributed by atoms with Crippen molar-refractivity contribution < 1.29 is 0 Å². The number of hydrogen-bond donors (Lipinski definition) is 2. The number of rotatable bonds is 3. The van der Waals surface area contributed by atoms with E-state index in [9.17, 15) is 0 Å². The van der Waals surface area contributed by atoms with E-state index >= 15 is 0 Å². The van der Waals surface area contributed by atoms with E-state index in [1.165, 1.54) is 24.2 Å². The minimum atomic E-state index is 0.620. The predicted octanol–water partition coefficient (Wildman–Crippen LogP) is 1.54. The van der Waals surface area contributed by atoms with E-state index in [0.29, 0.717) is 5.92 Å². The third-order valence-electron chi connectivity index (χ3n) is 3.09. The Kier molecular flexibility index (Phi) is 3.44. The number of piperazine rings is 1. The summed E-state index contributed by atoms with van der Waals surface area (Å²) in [5, 5.41) is 3.38. The lowest BCUT2D eigenvalue weighted by molar-refractivity contribution is 0.232. The van der Waals surface area contributed by atoms with Crippen molar-refractivity contribution in [1.82, 2.24) is 15.2 Å². The molecule has 0 aromatic carbocycles. The van der Waals surface area contributed by atoms with E-state index < -0.39 is 0 Å². The lowest BCUT2D eigenvalue weighted by Crippen LogP contribution is -2.42. The van der Waals surface area contributed by atoms with Gasteiger partial charge in [0, 0.05) is 45.1 Å². The minimum absolute atomic E-state index is 0.620. The molecular weight excluding hydrogens is 186 g/mol. The predicted molar refractivity (Wildman–Crippen MR) is 63.0 cm³/mol. The number of aromatic nitrogens is 1. The van der Waals surface area contributed by atoms with Crippen molar-refractivity contribution in [1.29, 1.82) is 0 Å². The first-order chi connectivity index (χ1) is 7.27. The van der Waals surface area contributed by atoms with Gasteiger partial charge in [-0.2, -0.15) is 0 Å². The first-order valence-electron chi connectivity index (χ1n) is 5.86. The lowest BCUT2D eigenvalue weighted by Gasteiger charge is -2.27. The monoisotopic (exact) mass is 207 g/mol. The van der Waals surface area contributed by atoms with Crippen LogP contribution in [-0.4, -0.2) is 36.1 Å². The summed E-state index contributed by atoms with van der Waals surface area (Å²) in [5.74, 6) is 0.620. The van der Waals surface area contributed by atoms with E-state index in [1.807, 2.05) is 0 Å². The van der Waals surface area contributed by atoms with E-state index in [4.69, 9.17) is 0 Å². The molecular formula is C12H21N3. The van der Waals surface area contributed by atoms with Crippen molar-refractivity contribution in [2.24, 2.45) is 0 Å². The molecule has 0 radical (unpaired) electrons. The van der Waals surface area contributed by atoms with Gasteiger partial charge in [0.1, 0.15) is 0 Å². The van der Waals surface area contributed by atoms with E-state index in [0.717, 1.165) is 19.6 Å². The largest absolute Gasteiger partial charge is 0.367 e. The van der Waals surface area contributed by atoms with Crippen LogP contribution in [0.4, 0.5) is 0 Å². The van der Waals surface area contributed by atoms with Gasteiger partial charge < -0.3 is 10.3 Å². The van der Waals surface area contributed by atoms with Gasteiger partial charge in [0.25, 0.3) is 0 Å². The van der Waals surface area contributed by atoms with Crippen molar-refractivity contribution in [2.45, 2.75) is 26.3 Å². The Balaban J connectivity index is 1.99. The molecule has 0 bridgehead atoms. The normalized spacial score (nSPS) is 18.6. The molecule has 3 heteroatoms. The molecule has 15 heavy (non-hydrogen) atoms. The Bertz CT molecular complexity index is 298. The molecule has 0 saturated carbocycles. The summed E-state index contributed by atoms with van der Waals surface area (Å²) in [6.07, 6.45) is 4.29. The average Bonchev–Trinajstić information content (AvgIpc) is 2.67. The van der Waals surface area contributed by atoms with Crippen molar-refractivity contribution in [3.63, 3.8) is 0 Å². The van der Waals surface area contributed by atoms with Crippen LogP contribution < -0.4 is 5.32 Å². The van der Waals surface area contributed by atoms with Gasteiger partial charge in [-0.3, -0.25) is 4.90 Å². The number of hydrogen-bond acceptors (Lipinski definition) is 2. The van der Waals surface area contributed by atoms with Crippen LogP contribution in [0.2, 0.25) is 0 Å². The molecule has 1 aliphatic rings. The average molecular weight is 207 g/mol.